The molecule has 0 spiro atoms. The molecular formula is C11H17N3O. The lowest BCUT2D eigenvalue weighted by molar-refractivity contribution is 0.408. The Morgan fingerprint density at radius 2 is 2.33 bits per heavy atom. The molecule has 0 radical (unpaired) electrons. The Hall–Kier alpha value is -1.29. The minimum Gasteiger partial charge on any atom is -0.495 e. The Morgan fingerprint density at radius 1 is 1.53 bits per heavy atom. The van der Waals surface area contributed by atoms with E-state index in [4.69, 9.17) is 4.74 Å². The first-order valence-corrected chi connectivity index (χ1v) is 5.32. The van der Waals surface area contributed by atoms with E-state index >= 15 is 0 Å². The van der Waals surface area contributed by atoms with E-state index in [-0.39, 0.29) is 0 Å². The van der Waals surface area contributed by atoms with E-state index in [9.17, 15) is 0 Å². The summed E-state index contributed by atoms with van der Waals surface area (Å²) in [4.78, 5) is 6.71. The van der Waals surface area contributed by atoms with Crippen molar-refractivity contribution >= 4 is 5.82 Å². The van der Waals surface area contributed by atoms with E-state index < -0.39 is 0 Å². The highest BCUT2D eigenvalue weighted by molar-refractivity contribution is 5.42. The first-order chi connectivity index (χ1) is 7.35. The molecule has 1 N–H and O–H groups in total. The minimum atomic E-state index is 0.593. The number of anilines is 1. The monoisotopic (exact) mass is 207 g/mol. The van der Waals surface area contributed by atoms with Gasteiger partial charge in [0.2, 0.25) is 0 Å². The van der Waals surface area contributed by atoms with E-state index in [1.165, 1.54) is 0 Å². The summed E-state index contributed by atoms with van der Waals surface area (Å²) in [7, 11) is 1.66. The number of methoxy groups -OCH3 is 1. The highest BCUT2D eigenvalue weighted by Crippen LogP contribution is 2.18. The van der Waals surface area contributed by atoms with Gasteiger partial charge in [-0.3, -0.25) is 0 Å². The number of aromatic nitrogens is 1. The zero-order valence-corrected chi connectivity index (χ0v) is 9.23. The molecule has 0 aromatic carbocycles. The summed E-state index contributed by atoms with van der Waals surface area (Å²) < 4.78 is 5.09. The molecule has 1 fully saturated rings. The van der Waals surface area contributed by atoms with Crippen molar-refractivity contribution in [1.29, 1.82) is 0 Å². The fraction of sp³-hybridized carbons (Fsp3) is 0.545. The number of ether oxygens (including phenoxy) is 1. The molecule has 0 unspecified atom stereocenters. The molecule has 1 aromatic rings. The number of hydrogen-bond acceptors (Lipinski definition) is 4. The van der Waals surface area contributed by atoms with Crippen LogP contribution in [0.25, 0.3) is 0 Å². The highest BCUT2D eigenvalue weighted by atomic mass is 16.5. The lowest BCUT2D eigenvalue weighted by Gasteiger charge is -2.38. The van der Waals surface area contributed by atoms with Crippen molar-refractivity contribution in [1.82, 2.24) is 10.3 Å². The van der Waals surface area contributed by atoms with Gasteiger partial charge >= 0.3 is 0 Å². The molecular weight excluding hydrogens is 190 g/mol. The zero-order chi connectivity index (χ0) is 10.7. The molecule has 0 aliphatic carbocycles. The van der Waals surface area contributed by atoms with Crippen LogP contribution in [-0.4, -0.2) is 37.8 Å². The third-order valence-corrected chi connectivity index (χ3v) is 2.79. The molecule has 4 heteroatoms. The maximum Gasteiger partial charge on any atom is 0.137 e. The van der Waals surface area contributed by atoms with Crippen LogP contribution in [0.2, 0.25) is 0 Å². The van der Waals surface area contributed by atoms with Gasteiger partial charge in [-0.1, -0.05) is 0 Å². The third kappa shape index (κ3) is 2.04. The van der Waals surface area contributed by atoms with Crippen LogP contribution in [0.1, 0.15) is 6.92 Å². The summed E-state index contributed by atoms with van der Waals surface area (Å²) in [6.45, 7) is 5.26. The predicted molar refractivity (Wildman–Crippen MR) is 60.5 cm³/mol. The van der Waals surface area contributed by atoms with E-state index in [1.807, 2.05) is 12.1 Å². The fourth-order valence-electron chi connectivity index (χ4n) is 1.76. The Labute approximate surface area is 90.3 Å². The summed E-state index contributed by atoms with van der Waals surface area (Å²) in [5.41, 5.74) is 0. The van der Waals surface area contributed by atoms with Crippen molar-refractivity contribution in [2.24, 2.45) is 0 Å². The minimum absolute atomic E-state index is 0.593. The van der Waals surface area contributed by atoms with Crippen LogP contribution in [0.4, 0.5) is 5.82 Å². The number of nitrogens with one attached hydrogen (secondary N) is 1. The molecule has 82 valence electrons. The van der Waals surface area contributed by atoms with Crippen molar-refractivity contribution in [3.8, 4) is 5.75 Å². The first-order valence-electron chi connectivity index (χ1n) is 5.32. The lowest BCUT2D eigenvalue weighted by Crippen LogP contribution is -2.57. The Kier molecular flexibility index (Phi) is 3.06. The quantitative estimate of drug-likeness (QED) is 0.795. The first kappa shape index (κ1) is 10.2. The van der Waals surface area contributed by atoms with Gasteiger partial charge < -0.3 is 15.0 Å². The van der Waals surface area contributed by atoms with Gasteiger partial charge in [-0.2, -0.15) is 0 Å². The number of pyridine rings is 1. The second-order valence-corrected chi connectivity index (χ2v) is 3.65. The zero-order valence-electron chi connectivity index (χ0n) is 9.23. The molecule has 2 heterocycles. The molecule has 1 aliphatic heterocycles. The van der Waals surface area contributed by atoms with Gasteiger partial charge in [0.1, 0.15) is 11.6 Å². The SMILES string of the molecule is CCN(c1ccc(OC)cn1)C1CNC1. The van der Waals surface area contributed by atoms with Gasteiger partial charge in [0.15, 0.2) is 0 Å². The molecule has 2 rings (SSSR count). The largest absolute Gasteiger partial charge is 0.495 e. The van der Waals surface area contributed by atoms with Crippen LogP contribution in [-0.2, 0) is 0 Å². The maximum absolute atomic E-state index is 5.09. The van der Waals surface area contributed by atoms with E-state index in [1.54, 1.807) is 13.3 Å². The van der Waals surface area contributed by atoms with Crippen molar-refractivity contribution in [2.75, 3.05) is 31.6 Å². The van der Waals surface area contributed by atoms with Crippen molar-refractivity contribution in [3.63, 3.8) is 0 Å². The summed E-state index contributed by atoms with van der Waals surface area (Å²) in [6.07, 6.45) is 1.77. The Bertz CT molecular complexity index is 308. The Morgan fingerprint density at radius 3 is 2.73 bits per heavy atom. The van der Waals surface area contributed by atoms with Crippen molar-refractivity contribution in [2.45, 2.75) is 13.0 Å². The van der Waals surface area contributed by atoms with Gasteiger partial charge in [-0.05, 0) is 19.1 Å². The van der Waals surface area contributed by atoms with Gasteiger partial charge in [0.05, 0.1) is 19.3 Å². The number of rotatable bonds is 4. The van der Waals surface area contributed by atoms with E-state index in [0.717, 1.165) is 31.2 Å². The number of hydrogen-bond donors (Lipinski definition) is 1. The molecule has 0 saturated carbocycles. The average molecular weight is 207 g/mol. The molecule has 4 nitrogen and oxygen atoms in total. The fourth-order valence-corrected chi connectivity index (χ4v) is 1.76. The van der Waals surface area contributed by atoms with Crippen molar-refractivity contribution in [3.05, 3.63) is 18.3 Å². The molecule has 0 atom stereocenters. The molecule has 1 saturated heterocycles. The van der Waals surface area contributed by atoms with E-state index in [2.05, 4.69) is 22.1 Å². The molecule has 1 aliphatic rings. The number of likely N-dealkylation sites (N-methyl/N-ethyl adjacent to an activating group) is 1. The third-order valence-electron chi connectivity index (χ3n) is 2.79. The van der Waals surface area contributed by atoms with Gasteiger partial charge in [0, 0.05) is 19.6 Å². The summed E-state index contributed by atoms with van der Waals surface area (Å²) in [5.74, 6) is 1.84. The summed E-state index contributed by atoms with van der Waals surface area (Å²) in [5, 5.41) is 3.27. The molecule has 0 amide bonds. The van der Waals surface area contributed by atoms with E-state index in [0.29, 0.717) is 6.04 Å². The predicted octanol–water partition coefficient (Wildman–Crippen LogP) is 0.888. The topological polar surface area (TPSA) is 37.4 Å². The van der Waals surface area contributed by atoms with Crippen LogP contribution in [0.3, 0.4) is 0 Å². The van der Waals surface area contributed by atoms with Gasteiger partial charge in [-0.15, -0.1) is 0 Å². The van der Waals surface area contributed by atoms with Crippen LogP contribution >= 0.6 is 0 Å². The van der Waals surface area contributed by atoms with Crippen molar-refractivity contribution < 1.29 is 4.74 Å². The van der Waals surface area contributed by atoms with Gasteiger partial charge in [0.25, 0.3) is 0 Å². The van der Waals surface area contributed by atoms with Gasteiger partial charge in [-0.25, -0.2) is 4.98 Å². The lowest BCUT2D eigenvalue weighted by atomic mass is 10.1. The maximum atomic E-state index is 5.09. The normalized spacial score (nSPS) is 15.9. The standard InChI is InChI=1S/C11H17N3O/c1-3-14(9-6-12-7-9)11-5-4-10(15-2)8-13-11/h4-5,8-9,12H,3,6-7H2,1-2H3. The average Bonchev–Trinajstić information content (AvgIpc) is 2.23. The second-order valence-electron chi connectivity index (χ2n) is 3.65. The molecule has 1 aromatic heterocycles. The number of nitrogens with zero attached hydrogens (tertiary/aromatic N) is 2. The molecule has 15 heavy (non-hydrogen) atoms. The summed E-state index contributed by atoms with van der Waals surface area (Å²) >= 11 is 0. The second kappa shape index (κ2) is 4.49. The van der Waals surface area contributed by atoms with Crippen LogP contribution in [0.5, 0.6) is 5.75 Å². The summed E-state index contributed by atoms with van der Waals surface area (Å²) in [6, 6.07) is 4.56. The Balaban J connectivity index is 2.11. The van der Waals surface area contributed by atoms with Crippen LogP contribution < -0.4 is 15.0 Å². The van der Waals surface area contributed by atoms with Crippen LogP contribution in [0, 0.1) is 0 Å². The smallest absolute Gasteiger partial charge is 0.137 e. The van der Waals surface area contributed by atoms with Crippen LogP contribution in [0.15, 0.2) is 18.3 Å². The molecule has 0 bridgehead atoms. The highest BCUT2D eigenvalue weighted by Gasteiger charge is 2.24.